The van der Waals surface area contributed by atoms with Gasteiger partial charge in [-0.1, -0.05) is 18.2 Å². The summed E-state index contributed by atoms with van der Waals surface area (Å²) in [6.07, 6.45) is 1.61. The van der Waals surface area contributed by atoms with Crippen molar-refractivity contribution in [2.75, 3.05) is 6.61 Å². The molecule has 0 aliphatic heterocycles. The molecule has 1 atom stereocenters. The van der Waals surface area contributed by atoms with E-state index < -0.39 is 28.0 Å². The molecule has 0 radical (unpaired) electrons. The van der Waals surface area contributed by atoms with Crippen molar-refractivity contribution < 1.29 is 27.5 Å². The Bertz CT molecular complexity index is 682. The van der Waals surface area contributed by atoms with Crippen molar-refractivity contribution in [1.82, 2.24) is 4.72 Å². The number of esters is 2. The Balaban J connectivity index is 2.46. The average molecular weight is 355 g/mol. The zero-order chi connectivity index (χ0) is 18.2. The SMILES string of the molecule is CC(COC(=O)C=CC(=O)OC(C)C)NS(=O)(=O)c1ccccc1. The number of carbonyl (C=O) groups is 2. The van der Waals surface area contributed by atoms with E-state index in [0.29, 0.717) is 0 Å². The summed E-state index contributed by atoms with van der Waals surface area (Å²) in [4.78, 5) is 22.8. The molecule has 8 heteroatoms. The lowest BCUT2D eigenvalue weighted by Crippen LogP contribution is -2.36. The molecule has 0 aliphatic carbocycles. The maximum atomic E-state index is 12.1. The first-order valence-electron chi connectivity index (χ1n) is 7.33. The van der Waals surface area contributed by atoms with Crippen LogP contribution < -0.4 is 4.72 Å². The molecule has 0 spiro atoms. The summed E-state index contributed by atoms with van der Waals surface area (Å²) in [6, 6.07) is 7.23. The highest BCUT2D eigenvalue weighted by Gasteiger charge is 2.17. The summed E-state index contributed by atoms with van der Waals surface area (Å²) in [7, 11) is -3.68. The molecule has 0 aliphatic rings. The van der Waals surface area contributed by atoms with Crippen molar-refractivity contribution in [3.63, 3.8) is 0 Å². The standard InChI is InChI=1S/C16H21NO6S/c1-12(2)23-16(19)10-9-15(18)22-11-13(3)17-24(20,21)14-7-5-4-6-8-14/h4-10,12-13,17H,11H2,1-3H3. The van der Waals surface area contributed by atoms with Crippen LogP contribution in [0.4, 0.5) is 0 Å². The van der Waals surface area contributed by atoms with Crippen molar-refractivity contribution in [2.45, 2.75) is 37.8 Å². The Labute approximate surface area is 141 Å². The minimum atomic E-state index is -3.68. The summed E-state index contributed by atoms with van der Waals surface area (Å²) in [5.41, 5.74) is 0. The average Bonchev–Trinajstić information content (AvgIpc) is 2.51. The lowest BCUT2D eigenvalue weighted by Gasteiger charge is -2.14. The number of rotatable bonds is 8. The van der Waals surface area contributed by atoms with E-state index in [-0.39, 0.29) is 17.6 Å². The molecule has 1 aromatic carbocycles. The van der Waals surface area contributed by atoms with Gasteiger partial charge in [-0.15, -0.1) is 0 Å². The largest absolute Gasteiger partial charge is 0.461 e. The molecule has 0 aromatic heterocycles. The van der Waals surface area contributed by atoms with E-state index in [9.17, 15) is 18.0 Å². The Kier molecular flexibility index (Phi) is 7.60. The molecule has 1 aromatic rings. The Morgan fingerprint density at radius 1 is 1.08 bits per heavy atom. The smallest absolute Gasteiger partial charge is 0.331 e. The van der Waals surface area contributed by atoms with E-state index in [2.05, 4.69) is 4.72 Å². The Hall–Kier alpha value is -2.19. The van der Waals surface area contributed by atoms with Crippen LogP contribution in [0.3, 0.4) is 0 Å². The molecular formula is C16H21NO6S. The fraction of sp³-hybridized carbons (Fsp3) is 0.375. The van der Waals surface area contributed by atoms with Gasteiger partial charge in [0.25, 0.3) is 0 Å². The van der Waals surface area contributed by atoms with Crippen molar-refractivity contribution in [3.8, 4) is 0 Å². The van der Waals surface area contributed by atoms with Crippen LogP contribution in [-0.2, 0) is 29.1 Å². The Morgan fingerprint density at radius 3 is 2.25 bits per heavy atom. The highest BCUT2D eigenvalue weighted by atomic mass is 32.2. The van der Waals surface area contributed by atoms with Gasteiger partial charge >= 0.3 is 11.9 Å². The number of hydrogen-bond donors (Lipinski definition) is 1. The lowest BCUT2D eigenvalue weighted by atomic mass is 10.4. The Morgan fingerprint density at radius 2 is 1.67 bits per heavy atom. The van der Waals surface area contributed by atoms with Crippen LogP contribution in [-0.4, -0.2) is 39.1 Å². The van der Waals surface area contributed by atoms with Gasteiger partial charge in [0, 0.05) is 12.2 Å². The van der Waals surface area contributed by atoms with Gasteiger partial charge in [-0.3, -0.25) is 0 Å². The van der Waals surface area contributed by atoms with Gasteiger partial charge in [0.2, 0.25) is 10.0 Å². The van der Waals surface area contributed by atoms with Crippen LogP contribution in [0.5, 0.6) is 0 Å². The number of hydrogen-bond acceptors (Lipinski definition) is 6. The van der Waals surface area contributed by atoms with E-state index >= 15 is 0 Å². The van der Waals surface area contributed by atoms with Crippen molar-refractivity contribution in [2.24, 2.45) is 0 Å². The van der Waals surface area contributed by atoms with Gasteiger partial charge in [0.1, 0.15) is 6.61 Å². The lowest BCUT2D eigenvalue weighted by molar-refractivity contribution is -0.143. The first-order chi connectivity index (χ1) is 11.2. The number of carbonyl (C=O) groups excluding carboxylic acids is 2. The third-order valence-electron chi connectivity index (χ3n) is 2.59. The van der Waals surface area contributed by atoms with Crippen molar-refractivity contribution in [3.05, 3.63) is 42.5 Å². The molecular weight excluding hydrogens is 334 g/mol. The van der Waals surface area contributed by atoms with Crippen LogP contribution >= 0.6 is 0 Å². The summed E-state index contributed by atoms with van der Waals surface area (Å²) in [5, 5.41) is 0. The molecule has 0 heterocycles. The van der Waals surface area contributed by atoms with Gasteiger partial charge in [-0.2, -0.15) is 0 Å². The van der Waals surface area contributed by atoms with Gasteiger partial charge in [0.15, 0.2) is 0 Å². The zero-order valence-corrected chi connectivity index (χ0v) is 14.6. The second-order valence-corrected chi connectivity index (χ2v) is 7.00. The maximum absolute atomic E-state index is 12.1. The van der Waals surface area contributed by atoms with Crippen LogP contribution in [0.2, 0.25) is 0 Å². The van der Waals surface area contributed by atoms with Gasteiger partial charge < -0.3 is 9.47 Å². The van der Waals surface area contributed by atoms with E-state index in [1.54, 1.807) is 39.0 Å². The second kappa shape index (κ2) is 9.19. The van der Waals surface area contributed by atoms with Crippen LogP contribution in [0.1, 0.15) is 20.8 Å². The quantitative estimate of drug-likeness (QED) is 0.559. The van der Waals surface area contributed by atoms with Crippen molar-refractivity contribution >= 4 is 22.0 Å². The number of ether oxygens (including phenoxy) is 2. The molecule has 0 amide bonds. The molecule has 0 fully saturated rings. The summed E-state index contributed by atoms with van der Waals surface area (Å²) in [5.74, 6) is -1.42. The number of benzene rings is 1. The molecule has 0 saturated carbocycles. The first kappa shape index (κ1) is 19.9. The second-order valence-electron chi connectivity index (χ2n) is 5.28. The fourth-order valence-electron chi connectivity index (χ4n) is 1.63. The minimum absolute atomic E-state index is 0.125. The van der Waals surface area contributed by atoms with Crippen LogP contribution in [0.25, 0.3) is 0 Å². The van der Waals surface area contributed by atoms with Gasteiger partial charge in [-0.05, 0) is 32.9 Å². The first-order valence-corrected chi connectivity index (χ1v) is 8.82. The molecule has 1 N–H and O–H groups in total. The molecule has 132 valence electrons. The molecule has 7 nitrogen and oxygen atoms in total. The van der Waals surface area contributed by atoms with Gasteiger partial charge in [0.05, 0.1) is 17.0 Å². The third kappa shape index (κ3) is 7.38. The molecule has 0 saturated heterocycles. The molecule has 1 rings (SSSR count). The highest BCUT2D eigenvalue weighted by molar-refractivity contribution is 7.89. The van der Waals surface area contributed by atoms with Crippen molar-refractivity contribution in [1.29, 1.82) is 0 Å². The maximum Gasteiger partial charge on any atom is 0.331 e. The third-order valence-corrected chi connectivity index (χ3v) is 4.20. The van der Waals surface area contributed by atoms with E-state index in [1.165, 1.54) is 12.1 Å². The number of sulfonamides is 1. The summed E-state index contributed by atoms with van der Waals surface area (Å²) < 4.78 is 36.3. The van der Waals surface area contributed by atoms with E-state index in [4.69, 9.17) is 9.47 Å². The molecule has 0 bridgehead atoms. The summed E-state index contributed by atoms with van der Waals surface area (Å²) >= 11 is 0. The molecule has 24 heavy (non-hydrogen) atoms. The van der Waals surface area contributed by atoms with E-state index in [1.807, 2.05) is 0 Å². The number of nitrogens with one attached hydrogen (secondary N) is 1. The topological polar surface area (TPSA) is 98.8 Å². The summed E-state index contributed by atoms with van der Waals surface area (Å²) in [6.45, 7) is 4.76. The predicted octanol–water partition coefficient (Wildman–Crippen LogP) is 1.40. The van der Waals surface area contributed by atoms with E-state index in [0.717, 1.165) is 12.2 Å². The monoisotopic (exact) mass is 355 g/mol. The normalized spacial score (nSPS) is 13.0. The zero-order valence-electron chi connectivity index (χ0n) is 13.8. The highest BCUT2D eigenvalue weighted by Crippen LogP contribution is 2.08. The minimum Gasteiger partial charge on any atom is -0.461 e. The predicted molar refractivity (Wildman–Crippen MR) is 87.6 cm³/mol. The molecule has 1 unspecified atom stereocenters. The van der Waals surface area contributed by atoms with Crippen LogP contribution in [0, 0.1) is 0 Å². The fourth-order valence-corrected chi connectivity index (χ4v) is 2.88. The van der Waals surface area contributed by atoms with Crippen LogP contribution in [0.15, 0.2) is 47.4 Å². The van der Waals surface area contributed by atoms with Gasteiger partial charge in [-0.25, -0.2) is 22.7 Å².